The summed E-state index contributed by atoms with van der Waals surface area (Å²) in [5, 5.41) is 16.1. The fourth-order valence-corrected chi connectivity index (χ4v) is 4.20. The number of hydrogen-bond acceptors (Lipinski definition) is 4. The van der Waals surface area contributed by atoms with Gasteiger partial charge in [0.15, 0.2) is 5.78 Å². The quantitative estimate of drug-likeness (QED) is 0.300. The summed E-state index contributed by atoms with van der Waals surface area (Å²) in [7, 11) is 0. The summed E-state index contributed by atoms with van der Waals surface area (Å²) in [6.45, 7) is 5.10. The largest absolute Gasteiger partial charge is 0.360 e. The first-order valence-electron chi connectivity index (χ1n) is 11.7. The predicted octanol–water partition coefficient (Wildman–Crippen LogP) is 5.11. The van der Waals surface area contributed by atoms with E-state index in [-0.39, 0.29) is 17.6 Å². The molecule has 2 atom stereocenters. The van der Waals surface area contributed by atoms with Crippen molar-refractivity contribution in [1.82, 2.24) is 15.6 Å². The van der Waals surface area contributed by atoms with Crippen molar-refractivity contribution in [3.8, 4) is 6.07 Å². The molecule has 1 heterocycles. The zero-order valence-corrected chi connectivity index (χ0v) is 19.8. The fraction of sp³-hybridized carbons (Fsp3) is 0.207. The Bertz CT molecular complexity index is 1370. The SMILES string of the molecule is CCNC(=O)c1ccc2c(C(=O)[C@@H](NCC(C)c3ccc(C#N)cc3)c3ccccc3)c[nH]c2c1. The lowest BCUT2D eigenvalue weighted by molar-refractivity contribution is 0.0940. The van der Waals surface area contributed by atoms with E-state index in [1.165, 1.54) is 0 Å². The van der Waals surface area contributed by atoms with Crippen molar-refractivity contribution >= 4 is 22.6 Å². The number of carbonyl (C=O) groups excluding carboxylic acids is 2. The number of H-pyrrole nitrogens is 1. The Kier molecular flexibility index (Phi) is 7.39. The molecule has 6 nitrogen and oxygen atoms in total. The smallest absolute Gasteiger partial charge is 0.251 e. The number of benzene rings is 3. The summed E-state index contributed by atoms with van der Waals surface area (Å²) in [5.41, 5.74) is 4.48. The topological polar surface area (TPSA) is 97.8 Å². The van der Waals surface area contributed by atoms with Crippen LogP contribution < -0.4 is 10.6 Å². The maximum atomic E-state index is 13.8. The Labute approximate surface area is 205 Å². The molecular formula is C29H28N4O2. The van der Waals surface area contributed by atoms with E-state index in [4.69, 9.17) is 5.26 Å². The van der Waals surface area contributed by atoms with E-state index in [1.807, 2.05) is 67.6 Å². The molecular weight excluding hydrogens is 436 g/mol. The molecule has 1 unspecified atom stereocenters. The molecule has 0 radical (unpaired) electrons. The van der Waals surface area contributed by atoms with Crippen LogP contribution in [0.25, 0.3) is 10.9 Å². The molecule has 3 N–H and O–H groups in total. The van der Waals surface area contributed by atoms with E-state index < -0.39 is 6.04 Å². The zero-order chi connectivity index (χ0) is 24.8. The molecule has 1 amide bonds. The van der Waals surface area contributed by atoms with Crippen molar-refractivity contribution in [2.24, 2.45) is 0 Å². The van der Waals surface area contributed by atoms with Crippen LogP contribution in [0.3, 0.4) is 0 Å². The average molecular weight is 465 g/mol. The van der Waals surface area contributed by atoms with Gasteiger partial charge < -0.3 is 15.6 Å². The molecule has 0 bridgehead atoms. The number of carbonyl (C=O) groups is 2. The highest BCUT2D eigenvalue weighted by molar-refractivity contribution is 6.11. The van der Waals surface area contributed by atoms with E-state index in [0.29, 0.717) is 29.8 Å². The molecule has 1 aromatic heterocycles. The second kappa shape index (κ2) is 10.8. The summed E-state index contributed by atoms with van der Waals surface area (Å²) in [4.78, 5) is 29.1. The van der Waals surface area contributed by atoms with Gasteiger partial charge in [0.25, 0.3) is 5.91 Å². The minimum Gasteiger partial charge on any atom is -0.360 e. The molecule has 3 aromatic carbocycles. The van der Waals surface area contributed by atoms with Gasteiger partial charge in [-0.3, -0.25) is 9.59 Å². The highest BCUT2D eigenvalue weighted by Crippen LogP contribution is 2.26. The van der Waals surface area contributed by atoms with Crippen molar-refractivity contribution in [2.45, 2.75) is 25.8 Å². The number of Topliss-reactive ketones (excluding diaryl/α,β-unsaturated/α-hetero) is 1. The van der Waals surface area contributed by atoms with E-state index >= 15 is 0 Å². The Morgan fingerprint density at radius 3 is 2.43 bits per heavy atom. The maximum Gasteiger partial charge on any atom is 0.251 e. The molecule has 4 aromatic rings. The van der Waals surface area contributed by atoms with Gasteiger partial charge in [-0.15, -0.1) is 0 Å². The van der Waals surface area contributed by atoms with Gasteiger partial charge in [-0.05, 0) is 48.2 Å². The standard InChI is InChI=1S/C29H28N4O2/c1-3-31-29(35)23-13-14-24-25(18-32-26(24)15-23)28(34)27(22-7-5-4-6-8-22)33-17-19(2)21-11-9-20(16-30)10-12-21/h4-15,18-19,27,32-33H,3,17H2,1-2H3,(H,31,35)/t19?,27-/m0/s1. The van der Waals surface area contributed by atoms with Gasteiger partial charge >= 0.3 is 0 Å². The third-order valence-corrected chi connectivity index (χ3v) is 6.18. The minimum atomic E-state index is -0.529. The maximum absolute atomic E-state index is 13.8. The van der Waals surface area contributed by atoms with Crippen LogP contribution in [0.15, 0.2) is 79.0 Å². The second-order valence-electron chi connectivity index (χ2n) is 8.57. The van der Waals surface area contributed by atoms with E-state index in [1.54, 1.807) is 18.3 Å². The van der Waals surface area contributed by atoms with Crippen molar-refractivity contribution in [3.63, 3.8) is 0 Å². The van der Waals surface area contributed by atoms with Gasteiger partial charge in [-0.25, -0.2) is 0 Å². The summed E-state index contributed by atoms with van der Waals surface area (Å²) in [5.74, 6) is -0.0397. The van der Waals surface area contributed by atoms with Crippen LogP contribution in [-0.2, 0) is 0 Å². The molecule has 176 valence electrons. The molecule has 0 saturated heterocycles. The lowest BCUT2D eigenvalue weighted by Gasteiger charge is -2.21. The predicted molar refractivity (Wildman–Crippen MR) is 137 cm³/mol. The number of amides is 1. The summed E-state index contributed by atoms with van der Waals surface area (Å²) >= 11 is 0. The van der Waals surface area contributed by atoms with Crippen LogP contribution in [0.2, 0.25) is 0 Å². The number of aromatic amines is 1. The highest BCUT2D eigenvalue weighted by atomic mass is 16.1. The number of fused-ring (bicyclic) bond motifs is 1. The number of nitriles is 1. The number of hydrogen-bond donors (Lipinski definition) is 3. The molecule has 6 heteroatoms. The van der Waals surface area contributed by atoms with Crippen LogP contribution in [0.1, 0.15) is 63.2 Å². The molecule has 0 aliphatic heterocycles. The minimum absolute atomic E-state index is 0.0414. The van der Waals surface area contributed by atoms with Crippen molar-refractivity contribution in [3.05, 3.63) is 107 Å². The summed E-state index contributed by atoms with van der Waals surface area (Å²) < 4.78 is 0. The number of rotatable bonds is 9. The zero-order valence-electron chi connectivity index (χ0n) is 19.8. The molecule has 0 fully saturated rings. The van der Waals surface area contributed by atoms with Crippen LogP contribution in [-0.4, -0.2) is 29.8 Å². The van der Waals surface area contributed by atoms with E-state index in [2.05, 4.69) is 28.6 Å². The van der Waals surface area contributed by atoms with Crippen molar-refractivity contribution in [1.29, 1.82) is 5.26 Å². The Morgan fingerprint density at radius 2 is 1.74 bits per heavy atom. The van der Waals surface area contributed by atoms with Crippen LogP contribution in [0.5, 0.6) is 0 Å². The van der Waals surface area contributed by atoms with E-state index in [0.717, 1.165) is 22.0 Å². The molecule has 4 rings (SSSR count). The van der Waals surface area contributed by atoms with Crippen molar-refractivity contribution < 1.29 is 9.59 Å². The highest BCUT2D eigenvalue weighted by Gasteiger charge is 2.25. The third-order valence-electron chi connectivity index (χ3n) is 6.18. The Balaban J connectivity index is 1.59. The number of nitrogens with zero attached hydrogens (tertiary/aromatic N) is 1. The van der Waals surface area contributed by atoms with Gasteiger partial charge in [0, 0.05) is 41.3 Å². The molecule has 35 heavy (non-hydrogen) atoms. The monoisotopic (exact) mass is 464 g/mol. The van der Waals surface area contributed by atoms with Gasteiger partial charge in [0.2, 0.25) is 0 Å². The van der Waals surface area contributed by atoms with Gasteiger partial charge in [-0.2, -0.15) is 5.26 Å². The van der Waals surface area contributed by atoms with Crippen LogP contribution in [0, 0.1) is 11.3 Å². The van der Waals surface area contributed by atoms with Gasteiger partial charge in [0.05, 0.1) is 17.7 Å². The Hall–Kier alpha value is -4.21. The first-order chi connectivity index (χ1) is 17.0. The lowest BCUT2D eigenvalue weighted by atomic mass is 9.95. The normalized spacial score (nSPS) is 12.6. The van der Waals surface area contributed by atoms with Crippen molar-refractivity contribution in [2.75, 3.05) is 13.1 Å². The second-order valence-corrected chi connectivity index (χ2v) is 8.57. The number of aromatic nitrogens is 1. The first-order valence-corrected chi connectivity index (χ1v) is 11.7. The lowest BCUT2D eigenvalue weighted by Crippen LogP contribution is -2.31. The fourth-order valence-electron chi connectivity index (χ4n) is 4.20. The Morgan fingerprint density at radius 1 is 1.00 bits per heavy atom. The summed E-state index contributed by atoms with van der Waals surface area (Å²) in [6.07, 6.45) is 1.72. The van der Waals surface area contributed by atoms with Gasteiger partial charge in [0.1, 0.15) is 0 Å². The average Bonchev–Trinajstić information content (AvgIpc) is 3.32. The molecule has 0 aliphatic carbocycles. The van der Waals surface area contributed by atoms with Gasteiger partial charge in [-0.1, -0.05) is 55.5 Å². The molecule has 0 aliphatic rings. The van der Waals surface area contributed by atoms with E-state index in [9.17, 15) is 9.59 Å². The number of ketones is 1. The first kappa shape index (κ1) is 23.9. The van der Waals surface area contributed by atoms with Crippen LogP contribution >= 0.6 is 0 Å². The number of nitrogens with one attached hydrogen (secondary N) is 3. The summed E-state index contributed by atoms with van der Waals surface area (Å²) in [6, 6.07) is 24.2. The molecule has 0 saturated carbocycles. The third kappa shape index (κ3) is 5.32. The van der Waals surface area contributed by atoms with Crippen LogP contribution in [0.4, 0.5) is 0 Å². The molecule has 0 spiro atoms.